The lowest BCUT2D eigenvalue weighted by molar-refractivity contribution is 0.127. The zero-order valence-corrected chi connectivity index (χ0v) is 6.35. The van der Waals surface area contributed by atoms with Crippen molar-refractivity contribution in [3.8, 4) is 0 Å². The first-order valence-electron chi connectivity index (χ1n) is 3.72. The van der Waals surface area contributed by atoms with Crippen molar-refractivity contribution in [2.75, 3.05) is 6.54 Å². The Morgan fingerprint density at radius 2 is 2.11 bits per heavy atom. The van der Waals surface area contributed by atoms with Gasteiger partial charge in [0, 0.05) is 0 Å². The second kappa shape index (κ2) is 6.05. The standard InChI is InChI=1S/C7H17NO/c1-3-5-6-7(9)8-4-2/h7-9H,3-6H2,1-2H3. The van der Waals surface area contributed by atoms with E-state index in [2.05, 4.69) is 12.2 Å². The van der Waals surface area contributed by atoms with Crippen LogP contribution in [-0.4, -0.2) is 17.9 Å². The van der Waals surface area contributed by atoms with Gasteiger partial charge in [-0.05, 0) is 19.4 Å². The van der Waals surface area contributed by atoms with Gasteiger partial charge in [-0.1, -0.05) is 20.3 Å². The quantitative estimate of drug-likeness (QED) is 0.548. The predicted molar refractivity (Wildman–Crippen MR) is 39.2 cm³/mol. The number of rotatable bonds is 5. The average molecular weight is 131 g/mol. The summed E-state index contributed by atoms with van der Waals surface area (Å²) in [6, 6.07) is 0. The van der Waals surface area contributed by atoms with Gasteiger partial charge in [-0.25, -0.2) is 0 Å². The van der Waals surface area contributed by atoms with Crippen molar-refractivity contribution >= 4 is 0 Å². The molecule has 2 N–H and O–H groups in total. The van der Waals surface area contributed by atoms with Gasteiger partial charge in [0.2, 0.25) is 0 Å². The zero-order valence-electron chi connectivity index (χ0n) is 6.35. The van der Waals surface area contributed by atoms with E-state index in [1.165, 1.54) is 0 Å². The Bertz CT molecular complexity index is 56.9. The summed E-state index contributed by atoms with van der Waals surface area (Å²) in [7, 11) is 0. The molecule has 9 heavy (non-hydrogen) atoms. The van der Waals surface area contributed by atoms with Gasteiger partial charge in [0.1, 0.15) is 6.23 Å². The molecule has 0 aliphatic carbocycles. The predicted octanol–water partition coefficient (Wildman–Crippen LogP) is 1.10. The van der Waals surface area contributed by atoms with Crippen LogP contribution < -0.4 is 5.32 Å². The fourth-order valence-corrected chi connectivity index (χ4v) is 0.735. The van der Waals surface area contributed by atoms with E-state index in [-0.39, 0.29) is 6.23 Å². The van der Waals surface area contributed by atoms with Gasteiger partial charge in [0.05, 0.1) is 0 Å². The molecule has 1 atom stereocenters. The van der Waals surface area contributed by atoms with Gasteiger partial charge < -0.3 is 5.11 Å². The number of aliphatic hydroxyl groups excluding tert-OH is 1. The fourth-order valence-electron chi connectivity index (χ4n) is 0.735. The largest absolute Gasteiger partial charge is 0.379 e. The van der Waals surface area contributed by atoms with Gasteiger partial charge >= 0.3 is 0 Å². The number of aliphatic hydroxyl groups is 1. The van der Waals surface area contributed by atoms with Crippen LogP contribution >= 0.6 is 0 Å². The minimum atomic E-state index is -0.282. The molecule has 1 unspecified atom stereocenters. The topological polar surface area (TPSA) is 32.3 Å². The maximum Gasteiger partial charge on any atom is 0.104 e. The lowest BCUT2D eigenvalue weighted by Crippen LogP contribution is -2.27. The summed E-state index contributed by atoms with van der Waals surface area (Å²) < 4.78 is 0. The van der Waals surface area contributed by atoms with Crippen molar-refractivity contribution < 1.29 is 5.11 Å². The number of nitrogens with one attached hydrogen (secondary N) is 1. The van der Waals surface area contributed by atoms with E-state index < -0.39 is 0 Å². The third-order valence-corrected chi connectivity index (χ3v) is 1.27. The minimum absolute atomic E-state index is 0.282. The maximum atomic E-state index is 9.07. The second-order valence-corrected chi connectivity index (χ2v) is 2.22. The van der Waals surface area contributed by atoms with Crippen LogP contribution in [0.15, 0.2) is 0 Å². The maximum absolute atomic E-state index is 9.07. The zero-order chi connectivity index (χ0) is 7.11. The van der Waals surface area contributed by atoms with Crippen LogP contribution in [0.5, 0.6) is 0 Å². The van der Waals surface area contributed by atoms with Crippen LogP contribution in [-0.2, 0) is 0 Å². The van der Waals surface area contributed by atoms with Gasteiger partial charge in [-0.3, -0.25) is 5.32 Å². The highest BCUT2D eigenvalue weighted by atomic mass is 16.3. The molecule has 0 aliphatic rings. The van der Waals surface area contributed by atoms with Crippen LogP contribution in [0.25, 0.3) is 0 Å². The molecule has 0 saturated heterocycles. The van der Waals surface area contributed by atoms with E-state index in [1.807, 2.05) is 6.92 Å². The van der Waals surface area contributed by atoms with Crippen LogP contribution in [0.4, 0.5) is 0 Å². The second-order valence-electron chi connectivity index (χ2n) is 2.22. The van der Waals surface area contributed by atoms with Crippen molar-refractivity contribution in [1.82, 2.24) is 5.32 Å². The monoisotopic (exact) mass is 131 g/mol. The molecule has 0 saturated carbocycles. The summed E-state index contributed by atoms with van der Waals surface area (Å²) in [5.74, 6) is 0. The molecule has 0 rings (SSSR count). The van der Waals surface area contributed by atoms with E-state index in [0.29, 0.717) is 0 Å². The van der Waals surface area contributed by atoms with Crippen molar-refractivity contribution in [2.24, 2.45) is 0 Å². The van der Waals surface area contributed by atoms with Crippen LogP contribution in [0.3, 0.4) is 0 Å². The SMILES string of the molecule is CCCCC(O)NCC. The summed E-state index contributed by atoms with van der Waals surface area (Å²) in [5.41, 5.74) is 0. The lowest BCUT2D eigenvalue weighted by Gasteiger charge is -2.08. The first-order chi connectivity index (χ1) is 4.31. The molecule has 0 amide bonds. The van der Waals surface area contributed by atoms with Gasteiger partial charge in [-0.15, -0.1) is 0 Å². The van der Waals surface area contributed by atoms with Crippen LogP contribution in [0.1, 0.15) is 33.1 Å². The molecule has 0 fully saturated rings. The Balaban J connectivity index is 2.95. The van der Waals surface area contributed by atoms with Crippen molar-refractivity contribution in [3.63, 3.8) is 0 Å². The fraction of sp³-hybridized carbons (Fsp3) is 1.00. The molecule has 56 valence electrons. The average Bonchev–Trinajstić information content (AvgIpc) is 1.85. The van der Waals surface area contributed by atoms with Crippen molar-refractivity contribution in [1.29, 1.82) is 0 Å². The van der Waals surface area contributed by atoms with E-state index in [0.717, 1.165) is 25.8 Å². The molecule has 0 aromatic heterocycles. The first-order valence-corrected chi connectivity index (χ1v) is 3.72. The third-order valence-electron chi connectivity index (χ3n) is 1.27. The molecule has 0 bridgehead atoms. The normalized spacial score (nSPS) is 13.7. The van der Waals surface area contributed by atoms with E-state index in [1.54, 1.807) is 0 Å². The summed E-state index contributed by atoms with van der Waals surface area (Å²) in [5, 5.41) is 12.0. The first kappa shape index (κ1) is 8.92. The molecule has 0 radical (unpaired) electrons. The van der Waals surface area contributed by atoms with Crippen molar-refractivity contribution in [3.05, 3.63) is 0 Å². The van der Waals surface area contributed by atoms with Crippen LogP contribution in [0, 0.1) is 0 Å². The Hall–Kier alpha value is -0.0800. The minimum Gasteiger partial charge on any atom is -0.379 e. The van der Waals surface area contributed by atoms with Crippen LogP contribution in [0.2, 0.25) is 0 Å². The summed E-state index contributed by atoms with van der Waals surface area (Å²) in [6.45, 7) is 4.97. The molecule has 0 heterocycles. The molecule has 0 spiro atoms. The summed E-state index contributed by atoms with van der Waals surface area (Å²) >= 11 is 0. The number of unbranched alkanes of at least 4 members (excludes halogenated alkanes) is 1. The Labute approximate surface area is 57.3 Å². The van der Waals surface area contributed by atoms with Gasteiger partial charge in [-0.2, -0.15) is 0 Å². The Morgan fingerprint density at radius 3 is 2.56 bits per heavy atom. The molecule has 0 aromatic carbocycles. The summed E-state index contributed by atoms with van der Waals surface area (Å²) in [4.78, 5) is 0. The highest BCUT2D eigenvalue weighted by Crippen LogP contribution is 1.96. The van der Waals surface area contributed by atoms with Gasteiger partial charge in [0.15, 0.2) is 0 Å². The highest BCUT2D eigenvalue weighted by Gasteiger charge is 1.97. The van der Waals surface area contributed by atoms with E-state index >= 15 is 0 Å². The molecular weight excluding hydrogens is 114 g/mol. The number of hydrogen-bond acceptors (Lipinski definition) is 2. The van der Waals surface area contributed by atoms with Crippen molar-refractivity contribution in [2.45, 2.75) is 39.3 Å². The molecule has 2 heteroatoms. The Kier molecular flexibility index (Phi) is 5.99. The lowest BCUT2D eigenvalue weighted by atomic mass is 10.2. The molecule has 0 aliphatic heterocycles. The smallest absolute Gasteiger partial charge is 0.104 e. The molecule has 2 nitrogen and oxygen atoms in total. The summed E-state index contributed by atoms with van der Waals surface area (Å²) in [6.07, 6.45) is 2.86. The van der Waals surface area contributed by atoms with E-state index in [4.69, 9.17) is 5.11 Å². The number of hydrogen-bond donors (Lipinski definition) is 2. The highest BCUT2D eigenvalue weighted by molar-refractivity contribution is 4.49. The third kappa shape index (κ3) is 5.80. The van der Waals surface area contributed by atoms with E-state index in [9.17, 15) is 0 Å². The van der Waals surface area contributed by atoms with Gasteiger partial charge in [0.25, 0.3) is 0 Å². The Morgan fingerprint density at radius 1 is 1.44 bits per heavy atom. The molecular formula is C7H17NO. The molecule has 0 aromatic rings.